The summed E-state index contributed by atoms with van der Waals surface area (Å²) in [6.07, 6.45) is 10.4. The first-order valence-corrected chi connectivity index (χ1v) is 9.35. The molecule has 0 spiro atoms. The van der Waals surface area contributed by atoms with Gasteiger partial charge in [-0.05, 0) is 45.6 Å². The van der Waals surface area contributed by atoms with Crippen molar-refractivity contribution in [2.75, 3.05) is 0 Å². The van der Waals surface area contributed by atoms with Gasteiger partial charge < -0.3 is 4.57 Å². The molecule has 0 saturated heterocycles. The molecule has 0 bridgehead atoms. The molecule has 0 radical (unpaired) electrons. The average molecular weight is 310 g/mol. The summed E-state index contributed by atoms with van der Waals surface area (Å²) in [5.41, 5.74) is 5.30. The second-order valence-corrected chi connectivity index (χ2v) is 7.09. The van der Waals surface area contributed by atoms with Crippen LogP contribution >= 0.6 is 0 Å². The zero-order valence-electron chi connectivity index (χ0n) is 14.9. The summed E-state index contributed by atoms with van der Waals surface area (Å²) in [6, 6.07) is 9.49. The molecule has 23 heavy (non-hydrogen) atoms. The van der Waals surface area contributed by atoms with Gasteiger partial charge in [-0.25, -0.2) is 4.98 Å². The molecule has 0 N–H and O–H groups in total. The molecule has 3 rings (SSSR count). The van der Waals surface area contributed by atoms with Gasteiger partial charge in [0.25, 0.3) is 0 Å². The van der Waals surface area contributed by atoms with Crippen LogP contribution in [0.4, 0.5) is 0 Å². The van der Waals surface area contributed by atoms with Crippen LogP contribution in [0.5, 0.6) is 0 Å². The summed E-state index contributed by atoms with van der Waals surface area (Å²) in [6.45, 7) is 6.64. The largest absolute Gasteiger partial charge is 0.329 e. The third-order valence-corrected chi connectivity index (χ3v) is 5.18. The van der Waals surface area contributed by atoms with Crippen molar-refractivity contribution in [2.45, 2.75) is 78.2 Å². The van der Waals surface area contributed by atoms with Crippen molar-refractivity contribution in [1.29, 1.82) is 0 Å². The van der Waals surface area contributed by atoms with Crippen LogP contribution in [0.15, 0.2) is 24.3 Å². The lowest BCUT2D eigenvalue weighted by Crippen LogP contribution is -2.16. The van der Waals surface area contributed by atoms with Crippen molar-refractivity contribution in [3.05, 3.63) is 41.3 Å². The Morgan fingerprint density at radius 1 is 1.13 bits per heavy atom. The van der Waals surface area contributed by atoms with Crippen LogP contribution in [-0.4, -0.2) is 9.55 Å². The smallest absolute Gasteiger partial charge is 0.106 e. The minimum Gasteiger partial charge on any atom is -0.329 e. The number of imidazole rings is 1. The van der Waals surface area contributed by atoms with Crippen molar-refractivity contribution >= 4 is 0 Å². The van der Waals surface area contributed by atoms with E-state index in [-0.39, 0.29) is 0 Å². The van der Waals surface area contributed by atoms with Gasteiger partial charge in [0.2, 0.25) is 0 Å². The van der Waals surface area contributed by atoms with E-state index in [9.17, 15) is 0 Å². The molecule has 0 unspecified atom stereocenters. The average Bonchev–Trinajstić information content (AvgIpc) is 2.90. The van der Waals surface area contributed by atoms with E-state index < -0.39 is 0 Å². The zero-order valence-corrected chi connectivity index (χ0v) is 14.9. The standard InChI is InChI=1S/C21H30N2/c1-4-5-14-20-21(18-11-9-10-16(2)15-18)22-17(3)23(20)19-12-7-6-8-13-19/h9-11,15,19H,4-8,12-14H2,1-3H3. The van der Waals surface area contributed by atoms with Crippen molar-refractivity contribution in [1.82, 2.24) is 9.55 Å². The van der Waals surface area contributed by atoms with Crippen LogP contribution in [0.1, 0.15) is 75.0 Å². The molecule has 1 saturated carbocycles. The third kappa shape index (κ3) is 3.52. The number of hydrogen-bond acceptors (Lipinski definition) is 1. The predicted molar refractivity (Wildman–Crippen MR) is 97.9 cm³/mol. The highest BCUT2D eigenvalue weighted by Crippen LogP contribution is 2.35. The summed E-state index contributed by atoms with van der Waals surface area (Å²) in [5, 5.41) is 0. The van der Waals surface area contributed by atoms with E-state index in [1.54, 1.807) is 0 Å². The van der Waals surface area contributed by atoms with E-state index in [0.29, 0.717) is 6.04 Å². The van der Waals surface area contributed by atoms with E-state index in [4.69, 9.17) is 4.98 Å². The van der Waals surface area contributed by atoms with Gasteiger partial charge in [-0.1, -0.05) is 56.4 Å². The number of rotatable bonds is 5. The highest BCUT2D eigenvalue weighted by molar-refractivity contribution is 5.63. The molecule has 1 aliphatic rings. The molecule has 1 aromatic carbocycles. The topological polar surface area (TPSA) is 17.8 Å². The monoisotopic (exact) mass is 310 g/mol. The van der Waals surface area contributed by atoms with Gasteiger partial charge in [0.15, 0.2) is 0 Å². The fourth-order valence-electron chi connectivity index (χ4n) is 4.02. The molecule has 2 heteroatoms. The number of nitrogens with zero attached hydrogens (tertiary/aromatic N) is 2. The molecule has 1 heterocycles. The van der Waals surface area contributed by atoms with Crippen molar-refractivity contribution < 1.29 is 0 Å². The van der Waals surface area contributed by atoms with Crippen molar-refractivity contribution in [2.24, 2.45) is 0 Å². The molecule has 2 aromatic rings. The van der Waals surface area contributed by atoms with Gasteiger partial charge >= 0.3 is 0 Å². The van der Waals surface area contributed by atoms with Gasteiger partial charge in [0, 0.05) is 17.3 Å². The Morgan fingerprint density at radius 2 is 1.91 bits per heavy atom. The maximum atomic E-state index is 5.01. The lowest BCUT2D eigenvalue weighted by atomic mass is 9.94. The Bertz CT molecular complexity index is 648. The fourth-order valence-corrected chi connectivity index (χ4v) is 4.02. The molecule has 0 atom stereocenters. The zero-order chi connectivity index (χ0) is 16.2. The van der Waals surface area contributed by atoms with Gasteiger partial charge in [0.1, 0.15) is 5.82 Å². The number of aryl methyl sites for hydroxylation is 2. The van der Waals surface area contributed by atoms with Gasteiger partial charge in [-0.15, -0.1) is 0 Å². The van der Waals surface area contributed by atoms with E-state index in [2.05, 4.69) is 49.6 Å². The lowest BCUT2D eigenvalue weighted by Gasteiger charge is -2.26. The van der Waals surface area contributed by atoms with Crippen LogP contribution in [-0.2, 0) is 6.42 Å². The molecule has 2 nitrogen and oxygen atoms in total. The van der Waals surface area contributed by atoms with Crippen molar-refractivity contribution in [3.63, 3.8) is 0 Å². The highest BCUT2D eigenvalue weighted by atomic mass is 15.1. The second kappa shape index (κ2) is 7.33. The summed E-state index contributed by atoms with van der Waals surface area (Å²) in [4.78, 5) is 5.01. The van der Waals surface area contributed by atoms with E-state index >= 15 is 0 Å². The SMILES string of the molecule is CCCCc1c(-c2cccc(C)c2)nc(C)n1C1CCCCC1. The first-order valence-electron chi connectivity index (χ1n) is 9.35. The first-order chi connectivity index (χ1) is 11.2. The van der Waals surface area contributed by atoms with Crippen LogP contribution in [0.25, 0.3) is 11.3 Å². The van der Waals surface area contributed by atoms with Crippen LogP contribution < -0.4 is 0 Å². The van der Waals surface area contributed by atoms with E-state index in [1.165, 1.54) is 73.3 Å². The fraction of sp³-hybridized carbons (Fsp3) is 0.571. The lowest BCUT2D eigenvalue weighted by molar-refractivity contribution is 0.341. The highest BCUT2D eigenvalue weighted by Gasteiger charge is 2.23. The van der Waals surface area contributed by atoms with Gasteiger partial charge in [0.05, 0.1) is 5.69 Å². The quantitative estimate of drug-likeness (QED) is 0.660. The molecule has 1 fully saturated rings. The van der Waals surface area contributed by atoms with Crippen molar-refractivity contribution in [3.8, 4) is 11.3 Å². The molecule has 1 aliphatic carbocycles. The predicted octanol–water partition coefficient (Wildman–Crippen LogP) is 6.01. The first kappa shape index (κ1) is 16.3. The van der Waals surface area contributed by atoms with Crippen LogP contribution in [0.2, 0.25) is 0 Å². The van der Waals surface area contributed by atoms with Gasteiger partial charge in [-0.2, -0.15) is 0 Å². The third-order valence-electron chi connectivity index (χ3n) is 5.18. The van der Waals surface area contributed by atoms with E-state index in [1.807, 2.05) is 0 Å². The molecular formula is C21H30N2. The number of aromatic nitrogens is 2. The molecule has 0 amide bonds. The number of hydrogen-bond donors (Lipinski definition) is 0. The maximum Gasteiger partial charge on any atom is 0.106 e. The summed E-state index contributed by atoms with van der Waals surface area (Å²) in [5.74, 6) is 1.21. The molecular weight excluding hydrogens is 280 g/mol. The minimum atomic E-state index is 0.668. The Balaban J connectivity index is 2.04. The number of unbranched alkanes of at least 4 members (excludes halogenated alkanes) is 1. The minimum absolute atomic E-state index is 0.668. The summed E-state index contributed by atoms with van der Waals surface area (Å²) < 4.78 is 2.59. The molecule has 0 aliphatic heterocycles. The van der Waals surface area contributed by atoms with Crippen LogP contribution in [0.3, 0.4) is 0 Å². The Labute approximate surface area is 141 Å². The summed E-state index contributed by atoms with van der Waals surface area (Å²) in [7, 11) is 0. The summed E-state index contributed by atoms with van der Waals surface area (Å²) >= 11 is 0. The Hall–Kier alpha value is -1.57. The normalized spacial score (nSPS) is 16.0. The van der Waals surface area contributed by atoms with E-state index in [0.717, 1.165) is 6.42 Å². The second-order valence-electron chi connectivity index (χ2n) is 7.09. The maximum absolute atomic E-state index is 5.01. The molecule has 1 aromatic heterocycles. The Kier molecular flexibility index (Phi) is 5.20. The van der Waals surface area contributed by atoms with Crippen LogP contribution in [0, 0.1) is 13.8 Å². The molecule has 124 valence electrons. The number of benzene rings is 1. The van der Waals surface area contributed by atoms with Gasteiger partial charge in [-0.3, -0.25) is 0 Å². The Morgan fingerprint density at radius 3 is 2.61 bits per heavy atom.